The second-order valence-electron chi connectivity index (χ2n) is 5.41. The zero-order chi connectivity index (χ0) is 17.5. The summed E-state index contributed by atoms with van der Waals surface area (Å²) >= 11 is 0. The zero-order valence-electron chi connectivity index (χ0n) is 15.1. The molecule has 3 N–H and O–H groups in total. The van der Waals surface area contributed by atoms with Gasteiger partial charge in [-0.25, -0.2) is 0 Å². The molecule has 24 heavy (non-hydrogen) atoms. The number of carbonyl (C=O) groups excluding carboxylic acids is 1. The van der Waals surface area contributed by atoms with E-state index in [4.69, 9.17) is 19.9 Å². The normalized spacial score (nSPS) is 10.6. The summed E-state index contributed by atoms with van der Waals surface area (Å²) in [6.07, 6.45) is 1.42. The highest BCUT2D eigenvalue weighted by molar-refractivity contribution is 5.85. The van der Waals surface area contributed by atoms with Crippen molar-refractivity contribution in [2.24, 2.45) is 11.1 Å². The van der Waals surface area contributed by atoms with Gasteiger partial charge in [0.25, 0.3) is 0 Å². The van der Waals surface area contributed by atoms with Crippen molar-refractivity contribution in [3.63, 3.8) is 0 Å². The Morgan fingerprint density at radius 1 is 1.08 bits per heavy atom. The maximum atomic E-state index is 12.5. The summed E-state index contributed by atoms with van der Waals surface area (Å²) in [6, 6.07) is 3.65. The van der Waals surface area contributed by atoms with Crippen LogP contribution in [0.5, 0.6) is 17.2 Å². The van der Waals surface area contributed by atoms with Gasteiger partial charge in [0.1, 0.15) is 0 Å². The molecule has 0 aliphatic rings. The molecule has 0 aromatic heterocycles. The Bertz CT molecular complexity index is 500. The lowest BCUT2D eigenvalue weighted by Crippen LogP contribution is -2.45. The van der Waals surface area contributed by atoms with Crippen LogP contribution in [-0.2, 0) is 11.3 Å². The number of carbonyl (C=O) groups is 1. The fourth-order valence-electron chi connectivity index (χ4n) is 2.56. The number of ether oxygens (including phenoxy) is 3. The van der Waals surface area contributed by atoms with Gasteiger partial charge in [0.05, 0.1) is 26.7 Å². The standard InChI is InChI=1S/C17H28N2O4.ClH/c1-6-17(7-2,11-18)16(20)19-10-12-8-13(21-3)15(23-5)14(9-12)22-4;/h8-9H,6-7,10-11,18H2,1-5H3,(H,19,20);1H. The predicted octanol–water partition coefficient (Wildman–Crippen LogP) is 2.52. The molecule has 0 saturated carbocycles. The van der Waals surface area contributed by atoms with Gasteiger partial charge in [0.15, 0.2) is 11.5 Å². The number of halogens is 1. The van der Waals surface area contributed by atoms with Crippen LogP contribution in [0.25, 0.3) is 0 Å². The minimum Gasteiger partial charge on any atom is -0.493 e. The second kappa shape index (κ2) is 10.3. The van der Waals surface area contributed by atoms with Crippen molar-refractivity contribution in [2.75, 3.05) is 27.9 Å². The Balaban J connectivity index is 0.00000529. The minimum absolute atomic E-state index is 0. The number of hydrogen-bond donors (Lipinski definition) is 2. The van der Waals surface area contributed by atoms with Crippen LogP contribution in [0.2, 0.25) is 0 Å². The smallest absolute Gasteiger partial charge is 0.227 e. The van der Waals surface area contributed by atoms with E-state index in [-0.39, 0.29) is 18.3 Å². The first-order chi connectivity index (χ1) is 11.0. The van der Waals surface area contributed by atoms with E-state index >= 15 is 0 Å². The fourth-order valence-corrected chi connectivity index (χ4v) is 2.56. The first-order valence-electron chi connectivity index (χ1n) is 7.79. The molecule has 0 atom stereocenters. The van der Waals surface area contributed by atoms with Crippen molar-refractivity contribution >= 4 is 18.3 Å². The molecule has 0 saturated heterocycles. The topological polar surface area (TPSA) is 82.8 Å². The van der Waals surface area contributed by atoms with Crippen molar-refractivity contribution in [1.82, 2.24) is 5.32 Å². The molecule has 0 aliphatic carbocycles. The summed E-state index contributed by atoms with van der Waals surface area (Å²) in [7, 11) is 4.68. The molecule has 0 spiro atoms. The summed E-state index contributed by atoms with van der Waals surface area (Å²) in [5.74, 6) is 1.63. The third kappa shape index (κ3) is 4.68. The third-order valence-electron chi connectivity index (χ3n) is 4.40. The summed E-state index contributed by atoms with van der Waals surface area (Å²) in [4.78, 5) is 12.5. The third-order valence-corrected chi connectivity index (χ3v) is 4.40. The van der Waals surface area contributed by atoms with Crippen LogP contribution in [0, 0.1) is 5.41 Å². The predicted molar refractivity (Wildman–Crippen MR) is 97.3 cm³/mol. The maximum Gasteiger partial charge on any atom is 0.227 e. The van der Waals surface area contributed by atoms with Crippen LogP contribution in [0.3, 0.4) is 0 Å². The summed E-state index contributed by atoms with van der Waals surface area (Å²) in [5, 5.41) is 2.96. The molecule has 0 fully saturated rings. The van der Waals surface area contributed by atoms with E-state index in [0.29, 0.717) is 43.2 Å². The van der Waals surface area contributed by atoms with Crippen LogP contribution in [0.4, 0.5) is 0 Å². The maximum absolute atomic E-state index is 12.5. The van der Waals surface area contributed by atoms with Crippen molar-refractivity contribution < 1.29 is 19.0 Å². The van der Waals surface area contributed by atoms with Crippen LogP contribution in [0.15, 0.2) is 12.1 Å². The first-order valence-corrected chi connectivity index (χ1v) is 7.79. The number of amides is 1. The van der Waals surface area contributed by atoms with Crippen LogP contribution in [-0.4, -0.2) is 33.8 Å². The van der Waals surface area contributed by atoms with Gasteiger partial charge in [-0.2, -0.15) is 0 Å². The number of hydrogen-bond acceptors (Lipinski definition) is 5. The van der Waals surface area contributed by atoms with E-state index in [1.54, 1.807) is 21.3 Å². The lowest BCUT2D eigenvalue weighted by Gasteiger charge is -2.28. The number of rotatable bonds is 9. The van der Waals surface area contributed by atoms with Crippen LogP contribution >= 0.6 is 12.4 Å². The van der Waals surface area contributed by atoms with Gasteiger partial charge in [0, 0.05) is 13.1 Å². The van der Waals surface area contributed by atoms with Crippen molar-refractivity contribution in [3.8, 4) is 17.2 Å². The van der Waals surface area contributed by atoms with Gasteiger partial charge in [-0.3, -0.25) is 4.79 Å². The lowest BCUT2D eigenvalue weighted by molar-refractivity contribution is -0.131. The Hall–Kier alpha value is -1.66. The molecule has 1 rings (SSSR count). The SMILES string of the molecule is CCC(CC)(CN)C(=O)NCc1cc(OC)c(OC)c(OC)c1.Cl. The van der Waals surface area contributed by atoms with E-state index < -0.39 is 5.41 Å². The van der Waals surface area contributed by atoms with Crippen molar-refractivity contribution in [3.05, 3.63) is 17.7 Å². The first kappa shape index (κ1) is 22.3. The van der Waals surface area contributed by atoms with Crippen molar-refractivity contribution in [2.45, 2.75) is 33.2 Å². The van der Waals surface area contributed by atoms with E-state index in [9.17, 15) is 4.79 Å². The highest BCUT2D eigenvalue weighted by Crippen LogP contribution is 2.38. The highest BCUT2D eigenvalue weighted by atomic mass is 35.5. The molecule has 1 aromatic rings. The van der Waals surface area contributed by atoms with Gasteiger partial charge in [0.2, 0.25) is 11.7 Å². The monoisotopic (exact) mass is 360 g/mol. The number of nitrogens with two attached hydrogens (primary N) is 1. The van der Waals surface area contributed by atoms with Gasteiger partial charge in [-0.05, 0) is 30.5 Å². The van der Waals surface area contributed by atoms with Gasteiger partial charge < -0.3 is 25.3 Å². The van der Waals surface area contributed by atoms with E-state index in [0.717, 1.165) is 5.56 Å². The van der Waals surface area contributed by atoms with E-state index in [1.165, 1.54) is 0 Å². The Labute approximate surface area is 150 Å². The number of benzene rings is 1. The molecule has 138 valence electrons. The summed E-state index contributed by atoms with van der Waals surface area (Å²) in [5.41, 5.74) is 6.16. The Morgan fingerprint density at radius 3 is 1.92 bits per heavy atom. The largest absolute Gasteiger partial charge is 0.493 e. The van der Waals surface area contributed by atoms with Gasteiger partial charge in [-0.15, -0.1) is 12.4 Å². The molecule has 6 nitrogen and oxygen atoms in total. The van der Waals surface area contributed by atoms with Gasteiger partial charge in [-0.1, -0.05) is 13.8 Å². The summed E-state index contributed by atoms with van der Waals surface area (Å²) in [6.45, 7) is 4.67. The van der Waals surface area contributed by atoms with Crippen LogP contribution < -0.4 is 25.3 Å². The minimum atomic E-state index is -0.513. The lowest BCUT2D eigenvalue weighted by atomic mass is 9.81. The molecule has 7 heteroatoms. The zero-order valence-corrected chi connectivity index (χ0v) is 15.9. The molecule has 0 aliphatic heterocycles. The van der Waals surface area contributed by atoms with Crippen LogP contribution in [0.1, 0.15) is 32.3 Å². The van der Waals surface area contributed by atoms with E-state index in [2.05, 4.69) is 5.32 Å². The molecular formula is C17H29ClN2O4. The average Bonchev–Trinajstić information content (AvgIpc) is 2.60. The highest BCUT2D eigenvalue weighted by Gasteiger charge is 2.33. The average molecular weight is 361 g/mol. The van der Waals surface area contributed by atoms with Gasteiger partial charge >= 0.3 is 0 Å². The molecule has 1 amide bonds. The quantitative estimate of drug-likeness (QED) is 0.707. The molecule has 0 radical (unpaired) electrons. The number of methoxy groups -OCH3 is 3. The molecule has 1 aromatic carbocycles. The Morgan fingerprint density at radius 2 is 1.58 bits per heavy atom. The molecule has 0 bridgehead atoms. The molecule has 0 unspecified atom stereocenters. The fraction of sp³-hybridized carbons (Fsp3) is 0.588. The molecule has 0 heterocycles. The van der Waals surface area contributed by atoms with E-state index in [1.807, 2.05) is 26.0 Å². The molecular weight excluding hydrogens is 332 g/mol. The number of nitrogens with one attached hydrogen (secondary N) is 1. The Kier molecular flexibility index (Phi) is 9.55. The second-order valence-corrected chi connectivity index (χ2v) is 5.41. The summed E-state index contributed by atoms with van der Waals surface area (Å²) < 4.78 is 15.9. The van der Waals surface area contributed by atoms with Crippen molar-refractivity contribution in [1.29, 1.82) is 0 Å².